The average molecular weight is 299 g/mol. The third-order valence-electron chi connectivity index (χ3n) is 3.60. The van der Waals surface area contributed by atoms with E-state index in [9.17, 15) is 4.79 Å². The van der Waals surface area contributed by atoms with Crippen molar-refractivity contribution >= 4 is 29.3 Å². The van der Waals surface area contributed by atoms with E-state index < -0.39 is 0 Å². The maximum Gasteiger partial charge on any atom is 0.254 e. The number of thioether (sulfide) groups is 1. The van der Waals surface area contributed by atoms with Crippen LogP contribution in [0.4, 0.5) is 0 Å². The molecule has 2 atom stereocenters. The Morgan fingerprint density at radius 1 is 1.58 bits per heavy atom. The van der Waals surface area contributed by atoms with Gasteiger partial charge in [-0.2, -0.15) is 11.8 Å². The number of carbonyl (C=O) groups excluding carboxylic acids is 1. The highest BCUT2D eigenvalue weighted by atomic mass is 35.5. The van der Waals surface area contributed by atoms with Crippen molar-refractivity contribution in [2.45, 2.75) is 37.5 Å². The van der Waals surface area contributed by atoms with Gasteiger partial charge in [-0.3, -0.25) is 4.79 Å². The molecule has 2 rings (SSSR count). The quantitative estimate of drug-likeness (QED) is 0.798. The van der Waals surface area contributed by atoms with Crippen LogP contribution in [-0.2, 0) is 0 Å². The van der Waals surface area contributed by atoms with Gasteiger partial charge in [-0.1, -0.05) is 18.5 Å². The fourth-order valence-corrected chi connectivity index (χ4v) is 3.87. The van der Waals surface area contributed by atoms with E-state index in [0.29, 0.717) is 22.0 Å². The molecule has 0 saturated heterocycles. The Hall–Kier alpha value is -0.740. The molecule has 0 aliphatic heterocycles. The monoisotopic (exact) mass is 298 g/mol. The van der Waals surface area contributed by atoms with E-state index in [1.54, 1.807) is 18.3 Å². The maximum atomic E-state index is 12.4. The van der Waals surface area contributed by atoms with E-state index in [0.717, 1.165) is 18.6 Å². The van der Waals surface area contributed by atoms with Gasteiger partial charge in [-0.15, -0.1) is 0 Å². The van der Waals surface area contributed by atoms with Crippen LogP contribution in [0.2, 0.25) is 5.15 Å². The second-order valence-corrected chi connectivity index (χ2v) is 6.79. The Balaban J connectivity index is 2.00. The minimum Gasteiger partial charge on any atom is -0.339 e. The van der Waals surface area contributed by atoms with E-state index in [4.69, 9.17) is 11.6 Å². The van der Waals surface area contributed by atoms with E-state index in [1.807, 2.05) is 23.7 Å². The number of pyridine rings is 1. The van der Waals surface area contributed by atoms with Gasteiger partial charge in [0.15, 0.2) is 0 Å². The molecule has 3 nitrogen and oxygen atoms in total. The third kappa shape index (κ3) is 3.63. The molecule has 1 aliphatic rings. The Labute approximate surface area is 123 Å². The third-order valence-corrected chi connectivity index (χ3v) is 5.04. The Morgan fingerprint density at radius 2 is 2.37 bits per heavy atom. The number of carbonyl (C=O) groups is 1. The van der Waals surface area contributed by atoms with Gasteiger partial charge < -0.3 is 4.90 Å². The molecule has 1 aromatic heterocycles. The number of aromatic nitrogens is 1. The van der Waals surface area contributed by atoms with E-state index in [-0.39, 0.29) is 5.91 Å². The van der Waals surface area contributed by atoms with Crippen LogP contribution in [0.3, 0.4) is 0 Å². The summed E-state index contributed by atoms with van der Waals surface area (Å²) in [5, 5.41) is 1.07. The van der Waals surface area contributed by atoms with Crippen molar-refractivity contribution in [3.8, 4) is 0 Å². The smallest absolute Gasteiger partial charge is 0.254 e. The second kappa shape index (κ2) is 6.62. The molecule has 0 unspecified atom stereocenters. The molecule has 1 heterocycles. The molecule has 1 amide bonds. The first kappa shape index (κ1) is 14.7. The van der Waals surface area contributed by atoms with Crippen LogP contribution in [-0.4, -0.2) is 39.9 Å². The summed E-state index contributed by atoms with van der Waals surface area (Å²) >= 11 is 7.83. The van der Waals surface area contributed by atoms with Crippen molar-refractivity contribution in [2.24, 2.45) is 0 Å². The maximum absolute atomic E-state index is 12.4. The number of nitrogens with zero attached hydrogens (tertiary/aromatic N) is 2. The lowest BCUT2D eigenvalue weighted by atomic mass is 10.2. The highest BCUT2D eigenvalue weighted by Crippen LogP contribution is 2.32. The van der Waals surface area contributed by atoms with E-state index >= 15 is 0 Å². The van der Waals surface area contributed by atoms with Crippen molar-refractivity contribution in [3.63, 3.8) is 0 Å². The van der Waals surface area contributed by atoms with Gasteiger partial charge in [-0.05, 0) is 37.1 Å². The minimum absolute atomic E-state index is 0.0384. The van der Waals surface area contributed by atoms with Crippen molar-refractivity contribution in [3.05, 3.63) is 29.0 Å². The summed E-state index contributed by atoms with van der Waals surface area (Å²) in [5.41, 5.74) is 0.620. The summed E-state index contributed by atoms with van der Waals surface area (Å²) < 4.78 is 0. The van der Waals surface area contributed by atoms with Gasteiger partial charge in [0.2, 0.25) is 0 Å². The summed E-state index contributed by atoms with van der Waals surface area (Å²) in [7, 11) is 1.89. The zero-order valence-corrected chi connectivity index (χ0v) is 12.9. The molecule has 0 bridgehead atoms. The largest absolute Gasteiger partial charge is 0.339 e. The summed E-state index contributed by atoms with van der Waals surface area (Å²) in [4.78, 5) is 18.2. The Morgan fingerprint density at radius 3 is 3.05 bits per heavy atom. The number of halogens is 1. The van der Waals surface area contributed by atoms with Crippen LogP contribution >= 0.6 is 23.4 Å². The van der Waals surface area contributed by atoms with Gasteiger partial charge in [-0.25, -0.2) is 4.98 Å². The second-order valence-electron chi connectivity index (χ2n) is 4.83. The van der Waals surface area contributed by atoms with Crippen LogP contribution in [0.5, 0.6) is 0 Å². The predicted molar refractivity (Wildman–Crippen MR) is 80.9 cm³/mol. The molecule has 0 spiro atoms. The molecule has 1 saturated carbocycles. The highest BCUT2D eigenvalue weighted by Gasteiger charge is 2.30. The van der Waals surface area contributed by atoms with Crippen molar-refractivity contribution in [1.29, 1.82) is 0 Å². The van der Waals surface area contributed by atoms with Gasteiger partial charge in [0, 0.05) is 30.1 Å². The molecular formula is C14H19ClN2OS. The van der Waals surface area contributed by atoms with Crippen LogP contribution in [0.15, 0.2) is 18.3 Å². The Kier molecular flexibility index (Phi) is 5.11. The molecule has 5 heteroatoms. The normalized spacial score (nSPS) is 22.5. The minimum atomic E-state index is 0.0384. The fraction of sp³-hybridized carbons (Fsp3) is 0.571. The molecule has 1 aromatic rings. The van der Waals surface area contributed by atoms with Crippen molar-refractivity contribution < 1.29 is 4.79 Å². The van der Waals surface area contributed by atoms with Crippen molar-refractivity contribution in [1.82, 2.24) is 9.88 Å². The van der Waals surface area contributed by atoms with Crippen molar-refractivity contribution in [2.75, 3.05) is 12.8 Å². The van der Waals surface area contributed by atoms with Gasteiger partial charge in [0.05, 0.1) is 0 Å². The topological polar surface area (TPSA) is 33.2 Å². The Bertz CT molecular complexity index is 455. The summed E-state index contributed by atoms with van der Waals surface area (Å²) in [6.07, 6.45) is 4.98. The summed E-state index contributed by atoms with van der Waals surface area (Å²) in [6, 6.07) is 3.70. The first-order valence-electron chi connectivity index (χ1n) is 6.62. The van der Waals surface area contributed by atoms with E-state index in [2.05, 4.69) is 11.9 Å². The highest BCUT2D eigenvalue weighted by molar-refractivity contribution is 7.99. The van der Waals surface area contributed by atoms with Crippen LogP contribution in [0.25, 0.3) is 0 Å². The number of rotatable bonds is 4. The zero-order chi connectivity index (χ0) is 13.8. The SMILES string of the molecule is CCS[C@@H]1CC[C@@H](N(C)C(=O)c2ccnc(Cl)c2)C1. The number of amides is 1. The predicted octanol–water partition coefficient (Wildman–Crippen LogP) is 3.48. The number of hydrogen-bond donors (Lipinski definition) is 0. The fourth-order valence-electron chi connectivity index (χ4n) is 2.56. The molecule has 19 heavy (non-hydrogen) atoms. The van der Waals surface area contributed by atoms with Gasteiger partial charge in [0.25, 0.3) is 5.91 Å². The summed E-state index contributed by atoms with van der Waals surface area (Å²) in [6.45, 7) is 2.19. The van der Waals surface area contributed by atoms with Gasteiger partial charge >= 0.3 is 0 Å². The molecule has 0 N–H and O–H groups in total. The lowest BCUT2D eigenvalue weighted by Crippen LogP contribution is -2.35. The van der Waals surface area contributed by atoms with Gasteiger partial charge in [0.1, 0.15) is 5.15 Å². The zero-order valence-electron chi connectivity index (χ0n) is 11.3. The first-order valence-corrected chi connectivity index (χ1v) is 8.04. The molecule has 1 aliphatic carbocycles. The lowest BCUT2D eigenvalue weighted by molar-refractivity contribution is 0.0735. The number of hydrogen-bond acceptors (Lipinski definition) is 3. The molecule has 1 fully saturated rings. The summed E-state index contributed by atoms with van der Waals surface area (Å²) in [5.74, 6) is 1.19. The average Bonchev–Trinajstić information content (AvgIpc) is 2.86. The molecule has 0 aromatic carbocycles. The molecule has 104 valence electrons. The van der Waals surface area contributed by atoms with Crippen LogP contribution in [0.1, 0.15) is 36.5 Å². The standard InChI is InChI=1S/C14H19ClN2OS/c1-3-19-12-5-4-11(9-12)17(2)14(18)10-6-7-16-13(15)8-10/h6-8,11-12H,3-5,9H2,1-2H3/t11-,12-/m1/s1. The molecule has 0 radical (unpaired) electrons. The molecular weight excluding hydrogens is 280 g/mol. The van der Waals surface area contributed by atoms with Crippen LogP contribution in [0, 0.1) is 0 Å². The van der Waals surface area contributed by atoms with Crippen LogP contribution < -0.4 is 0 Å². The first-order chi connectivity index (χ1) is 9.11. The lowest BCUT2D eigenvalue weighted by Gasteiger charge is -2.24. The van der Waals surface area contributed by atoms with E-state index in [1.165, 1.54) is 6.42 Å².